The SMILES string of the molecule is COc1cc(-c2ccc(F)cc2)c(-c2ccc(C#N)cc2)cc1OC. The van der Waals surface area contributed by atoms with Gasteiger partial charge >= 0.3 is 0 Å². The average molecular weight is 333 g/mol. The molecule has 0 amide bonds. The first-order chi connectivity index (χ1) is 12.2. The molecule has 0 saturated carbocycles. The molecule has 0 heterocycles. The highest BCUT2D eigenvalue weighted by atomic mass is 19.1. The standard InChI is InChI=1S/C21H16FNO2/c1-24-20-11-18(15-5-3-14(13-23)4-6-15)19(12-21(20)25-2)16-7-9-17(22)10-8-16/h3-12H,1-2H3. The third kappa shape index (κ3) is 3.31. The van der Waals surface area contributed by atoms with Gasteiger partial charge < -0.3 is 9.47 Å². The number of rotatable bonds is 4. The number of halogens is 1. The van der Waals surface area contributed by atoms with Crippen LogP contribution in [0.1, 0.15) is 5.56 Å². The monoisotopic (exact) mass is 333 g/mol. The van der Waals surface area contributed by atoms with Crippen molar-refractivity contribution >= 4 is 0 Å². The van der Waals surface area contributed by atoms with E-state index in [0.29, 0.717) is 17.1 Å². The summed E-state index contributed by atoms with van der Waals surface area (Å²) in [5.41, 5.74) is 4.18. The van der Waals surface area contributed by atoms with Crippen molar-refractivity contribution in [1.82, 2.24) is 0 Å². The Kier molecular flexibility index (Phi) is 4.67. The molecule has 0 bridgehead atoms. The fraction of sp³-hybridized carbons (Fsp3) is 0.0952. The minimum Gasteiger partial charge on any atom is -0.493 e. The van der Waals surface area contributed by atoms with E-state index < -0.39 is 0 Å². The normalized spacial score (nSPS) is 10.2. The lowest BCUT2D eigenvalue weighted by atomic mass is 9.93. The van der Waals surface area contributed by atoms with Gasteiger partial charge in [0.2, 0.25) is 0 Å². The molecule has 124 valence electrons. The molecule has 0 N–H and O–H groups in total. The Morgan fingerprint density at radius 2 is 1.20 bits per heavy atom. The van der Waals surface area contributed by atoms with Crippen LogP contribution in [0.3, 0.4) is 0 Å². The van der Waals surface area contributed by atoms with Crippen LogP contribution >= 0.6 is 0 Å². The van der Waals surface area contributed by atoms with Gasteiger partial charge in [-0.25, -0.2) is 4.39 Å². The number of ether oxygens (including phenoxy) is 2. The zero-order chi connectivity index (χ0) is 17.8. The van der Waals surface area contributed by atoms with E-state index >= 15 is 0 Å². The summed E-state index contributed by atoms with van der Waals surface area (Å²) in [5.74, 6) is 0.913. The van der Waals surface area contributed by atoms with Gasteiger partial charge in [0, 0.05) is 0 Å². The third-order valence-corrected chi connectivity index (χ3v) is 4.00. The second kappa shape index (κ2) is 7.06. The molecule has 0 aliphatic heterocycles. The van der Waals surface area contributed by atoms with Crippen molar-refractivity contribution in [3.63, 3.8) is 0 Å². The summed E-state index contributed by atoms with van der Waals surface area (Å²) in [6.45, 7) is 0. The lowest BCUT2D eigenvalue weighted by Gasteiger charge is -2.16. The minimum absolute atomic E-state index is 0.288. The molecule has 0 aliphatic carbocycles. The van der Waals surface area contributed by atoms with Crippen LogP contribution in [0, 0.1) is 17.1 Å². The summed E-state index contributed by atoms with van der Waals surface area (Å²) >= 11 is 0. The lowest BCUT2D eigenvalue weighted by Crippen LogP contribution is -1.94. The van der Waals surface area contributed by atoms with Gasteiger partial charge in [-0.3, -0.25) is 0 Å². The summed E-state index contributed by atoms with van der Waals surface area (Å²) in [4.78, 5) is 0. The average Bonchev–Trinajstić information content (AvgIpc) is 2.67. The summed E-state index contributed by atoms with van der Waals surface area (Å²) in [6.07, 6.45) is 0. The number of benzene rings is 3. The molecule has 3 rings (SSSR count). The van der Waals surface area contributed by atoms with Crippen LogP contribution in [0.15, 0.2) is 60.7 Å². The zero-order valence-corrected chi connectivity index (χ0v) is 13.9. The largest absolute Gasteiger partial charge is 0.493 e. The van der Waals surface area contributed by atoms with Crippen molar-refractivity contribution in [2.75, 3.05) is 14.2 Å². The van der Waals surface area contributed by atoms with Crippen LogP contribution in [0.4, 0.5) is 4.39 Å². The second-order valence-corrected chi connectivity index (χ2v) is 5.45. The van der Waals surface area contributed by atoms with Gasteiger partial charge in [0.25, 0.3) is 0 Å². The van der Waals surface area contributed by atoms with Gasteiger partial charge in [-0.05, 0) is 58.7 Å². The predicted octanol–water partition coefficient (Wildman–Crippen LogP) is 5.05. The van der Waals surface area contributed by atoms with Crippen molar-refractivity contribution in [1.29, 1.82) is 5.26 Å². The molecule has 0 spiro atoms. The molecule has 3 aromatic carbocycles. The molecule has 4 heteroatoms. The Morgan fingerprint density at radius 1 is 0.760 bits per heavy atom. The van der Waals surface area contributed by atoms with E-state index in [9.17, 15) is 4.39 Å². The van der Waals surface area contributed by atoms with Crippen molar-refractivity contribution in [3.8, 4) is 39.8 Å². The smallest absolute Gasteiger partial charge is 0.161 e. The molecular weight excluding hydrogens is 317 g/mol. The van der Waals surface area contributed by atoms with Crippen LogP contribution in [-0.4, -0.2) is 14.2 Å². The molecule has 0 fully saturated rings. The summed E-state index contributed by atoms with van der Waals surface area (Å²) < 4.78 is 24.1. The van der Waals surface area contributed by atoms with Crippen molar-refractivity contribution in [3.05, 3.63) is 72.0 Å². The van der Waals surface area contributed by atoms with Crippen LogP contribution < -0.4 is 9.47 Å². The molecule has 0 aliphatic rings. The Balaban J connectivity index is 2.23. The summed E-state index contributed by atoms with van der Waals surface area (Å²) in [5, 5.41) is 8.99. The van der Waals surface area contributed by atoms with Crippen molar-refractivity contribution < 1.29 is 13.9 Å². The van der Waals surface area contributed by atoms with E-state index in [-0.39, 0.29) is 5.82 Å². The molecule has 0 atom stereocenters. The number of nitrogens with zero attached hydrogens (tertiary/aromatic N) is 1. The van der Waals surface area contributed by atoms with Crippen molar-refractivity contribution in [2.45, 2.75) is 0 Å². The van der Waals surface area contributed by atoms with Crippen LogP contribution in [-0.2, 0) is 0 Å². The zero-order valence-electron chi connectivity index (χ0n) is 13.9. The Hall–Kier alpha value is -3.32. The van der Waals surface area contributed by atoms with Gasteiger partial charge in [0.15, 0.2) is 11.5 Å². The van der Waals surface area contributed by atoms with E-state index in [1.54, 1.807) is 38.5 Å². The highest BCUT2D eigenvalue weighted by molar-refractivity contribution is 5.86. The van der Waals surface area contributed by atoms with E-state index in [1.807, 2.05) is 24.3 Å². The Labute approximate surface area is 145 Å². The first-order valence-corrected chi connectivity index (χ1v) is 7.68. The highest BCUT2D eigenvalue weighted by Gasteiger charge is 2.14. The van der Waals surface area contributed by atoms with E-state index in [1.165, 1.54) is 12.1 Å². The minimum atomic E-state index is -0.288. The third-order valence-electron chi connectivity index (χ3n) is 4.00. The van der Waals surface area contributed by atoms with Gasteiger partial charge in [-0.1, -0.05) is 24.3 Å². The Bertz CT molecular complexity index is 926. The predicted molar refractivity (Wildman–Crippen MR) is 95.1 cm³/mol. The first-order valence-electron chi connectivity index (χ1n) is 7.68. The van der Waals surface area contributed by atoms with Crippen LogP contribution in [0.2, 0.25) is 0 Å². The van der Waals surface area contributed by atoms with E-state index in [0.717, 1.165) is 22.3 Å². The lowest BCUT2D eigenvalue weighted by molar-refractivity contribution is 0.355. The number of hydrogen-bond donors (Lipinski definition) is 0. The fourth-order valence-corrected chi connectivity index (χ4v) is 2.71. The van der Waals surface area contributed by atoms with Gasteiger partial charge in [-0.2, -0.15) is 5.26 Å². The van der Waals surface area contributed by atoms with Crippen molar-refractivity contribution in [2.24, 2.45) is 0 Å². The van der Waals surface area contributed by atoms with Gasteiger partial charge in [0.1, 0.15) is 5.82 Å². The molecule has 3 nitrogen and oxygen atoms in total. The van der Waals surface area contributed by atoms with E-state index in [4.69, 9.17) is 14.7 Å². The maximum absolute atomic E-state index is 13.3. The van der Waals surface area contributed by atoms with Gasteiger partial charge in [-0.15, -0.1) is 0 Å². The van der Waals surface area contributed by atoms with Crippen LogP contribution in [0.5, 0.6) is 11.5 Å². The molecule has 0 unspecified atom stereocenters. The summed E-state index contributed by atoms with van der Waals surface area (Å²) in [7, 11) is 3.16. The fourth-order valence-electron chi connectivity index (χ4n) is 2.71. The maximum Gasteiger partial charge on any atom is 0.161 e. The molecular formula is C21H16FNO2. The first kappa shape index (κ1) is 16.5. The number of methoxy groups -OCH3 is 2. The second-order valence-electron chi connectivity index (χ2n) is 5.45. The highest BCUT2D eigenvalue weighted by Crippen LogP contribution is 2.40. The quantitative estimate of drug-likeness (QED) is 0.671. The molecule has 0 saturated heterocycles. The maximum atomic E-state index is 13.3. The molecule has 3 aromatic rings. The van der Waals surface area contributed by atoms with Gasteiger partial charge in [0.05, 0.1) is 25.9 Å². The Morgan fingerprint density at radius 3 is 1.60 bits per heavy atom. The van der Waals surface area contributed by atoms with E-state index in [2.05, 4.69) is 6.07 Å². The summed E-state index contributed by atoms with van der Waals surface area (Å²) in [6, 6.07) is 19.5. The topological polar surface area (TPSA) is 42.2 Å². The van der Waals surface area contributed by atoms with Crippen LogP contribution in [0.25, 0.3) is 22.3 Å². The molecule has 0 radical (unpaired) electrons. The number of nitriles is 1. The molecule has 0 aromatic heterocycles. The number of hydrogen-bond acceptors (Lipinski definition) is 3. The molecule has 25 heavy (non-hydrogen) atoms.